The fourth-order valence-electron chi connectivity index (χ4n) is 2.02. The SMILES string of the molecule is Cc1cc2c(NCCc3cccnc3)nc(Cl)nc2s1. The van der Waals surface area contributed by atoms with E-state index in [4.69, 9.17) is 11.6 Å². The molecule has 0 aliphatic rings. The zero-order valence-corrected chi connectivity index (χ0v) is 12.5. The van der Waals surface area contributed by atoms with Gasteiger partial charge in [0, 0.05) is 23.8 Å². The minimum Gasteiger partial charge on any atom is -0.369 e. The Morgan fingerprint density at radius 1 is 1.35 bits per heavy atom. The van der Waals surface area contributed by atoms with Crippen LogP contribution in [0.4, 0.5) is 5.82 Å². The maximum absolute atomic E-state index is 5.96. The van der Waals surface area contributed by atoms with Crippen LogP contribution in [0, 0.1) is 6.92 Å². The van der Waals surface area contributed by atoms with Crippen LogP contribution in [0.5, 0.6) is 0 Å². The van der Waals surface area contributed by atoms with E-state index < -0.39 is 0 Å². The van der Waals surface area contributed by atoms with Crippen LogP contribution in [0.1, 0.15) is 10.4 Å². The highest BCUT2D eigenvalue weighted by molar-refractivity contribution is 7.18. The Bertz CT molecular complexity index is 727. The van der Waals surface area contributed by atoms with Gasteiger partial charge in [0.05, 0.1) is 5.39 Å². The molecule has 0 bridgehead atoms. The third kappa shape index (κ3) is 2.89. The van der Waals surface area contributed by atoms with Crippen molar-refractivity contribution >= 4 is 39.0 Å². The molecule has 0 fully saturated rings. The molecule has 1 N–H and O–H groups in total. The Hall–Kier alpha value is -1.72. The maximum Gasteiger partial charge on any atom is 0.225 e. The number of nitrogens with zero attached hydrogens (tertiary/aromatic N) is 3. The molecule has 0 amide bonds. The highest BCUT2D eigenvalue weighted by Gasteiger charge is 2.09. The number of hydrogen-bond acceptors (Lipinski definition) is 5. The minimum atomic E-state index is 0.281. The van der Waals surface area contributed by atoms with E-state index in [9.17, 15) is 0 Å². The summed E-state index contributed by atoms with van der Waals surface area (Å²) in [7, 11) is 0. The highest BCUT2D eigenvalue weighted by atomic mass is 35.5. The van der Waals surface area contributed by atoms with E-state index in [1.54, 1.807) is 17.5 Å². The van der Waals surface area contributed by atoms with E-state index in [-0.39, 0.29) is 5.28 Å². The van der Waals surface area contributed by atoms with Crippen LogP contribution in [-0.2, 0) is 6.42 Å². The average Bonchev–Trinajstić information content (AvgIpc) is 2.80. The molecule has 3 rings (SSSR count). The molecule has 0 saturated carbocycles. The van der Waals surface area contributed by atoms with Gasteiger partial charge in [-0.1, -0.05) is 6.07 Å². The van der Waals surface area contributed by atoms with Crippen LogP contribution < -0.4 is 5.32 Å². The second-order valence-corrected chi connectivity index (χ2v) is 6.03. The fraction of sp³-hybridized carbons (Fsp3) is 0.214. The average molecular weight is 305 g/mol. The summed E-state index contributed by atoms with van der Waals surface area (Å²) in [4.78, 5) is 14.8. The van der Waals surface area contributed by atoms with E-state index in [0.29, 0.717) is 0 Å². The molecule has 3 heterocycles. The Balaban J connectivity index is 1.77. The van der Waals surface area contributed by atoms with Crippen molar-refractivity contribution < 1.29 is 0 Å². The van der Waals surface area contributed by atoms with Crippen LogP contribution in [-0.4, -0.2) is 21.5 Å². The summed E-state index contributed by atoms with van der Waals surface area (Å²) < 4.78 is 0. The van der Waals surface area contributed by atoms with Crippen LogP contribution in [0.25, 0.3) is 10.2 Å². The van der Waals surface area contributed by atoms with Crippen molar-refractivity contribution in [2.24, 2.45) is 0 Å². The third-order valence-corrected chi connectivity index (χ3v) is 4.03. The zero-order chi connectivity index (χ0) is 13.9. The van der Waals surface area contributed by atoms with Gasteiger partial charge in [0.15, 0.2) is 0 Å². The Labute approximate surface area is 125 Å². The van der Waals surface area contributed by atoms with E-state index in [1.807, 2.05) is 12.3 Å². The van der Waals surface area contributed by atoms with Crippen molar-refractivity contribution in [3.8, 4) is 0 Å². The summed E-state index contributed by atoms with van der Waals surface area (Å²) in [5.41, 5.74) is 1.19. The topological polar surface area (TPSA) is 50.7 Å². The summed E-state index contributed by atoms with van der Waals surface area (Å²) in [6.45, 7) is 2.84. The molecule has 3 aromatic rings. The Morgan fingerprint density at radius 2 is 2.25 bits per heavy atom. The molecule has 0 atom stereocenters. The van der Waals surface area contributed by atoms with Gasteiger partial charge in [-0.3, -0.25) is 4.98 Å². The van der Waals surface area contributed by atoms with Crippen molar-refractivity contribution in [2.75, 3.05) is 11.9 Å². The van der Waals surface area contributed by atoms with Gasteiger partial charge >= 0.3 is 0 Å². The Kier molecular flexibility index (Phi) is 3.80. The number of hydrogen-bond donors (Lipinski definition) is 1. The first-order valence-corrected chi connectivity index (χ1v) is 7.48. The number of nitrogens with one attached hydrogen (secondary N) is 1. The first-order chi connectivity index (χ1) is 9.72. The summed E-state index contributed by atoms with van der Waals surface area (Å²) in [6.07, 6.45) is 4.54. The quantitative estimate of drug-likeness (QED) is 0.747. The van der Waals surface area contributed by atoms with E-state index in [2.05, 4.69) is 39.3 Å². The van der Waals surface area contributed by atoms with Gasteiger partial charge in [-0.15, -0.1) is 11.3 Å². The van der Waals surface area contributed by atoms with Crippen molar-refractivity contribution in [1.29, 1.82) is 0 Å². The van der Waals surface area contributed by atoms with E-state index >= 15 is 0 Å². The van der Waals surface area contributed by atoms with E-state index in [1.165, 1.54) is 10.4 Å². The summed E-state index contributed by atoms with van der Waals surface area (Å²) >= 11 is 7.59. The number of halogens is 1. The van der Waals surface area contributed by atoms with Gasteiger partial charge in [0.2, 0.25) is 5.28 Å². The zero-order valence-electron chi connectivity index (χ0n) is 10.9. The highest BCUT2D eigenvalue weighted by Crippen LogP contribution is 2.29. The van der Waals surface area contributed by atoms with Crippen LogP contribution in [0.15, 0.2) is 30.6 Å². The molecule has 3 aromatic heterocycles. The lowest BCUT2D eigenvalue weighted by Crippen LogP contribution is -2.07. The molecule has 4 nitrogen and oxygen atoms in total. The van der Waals surface area contributed by atoms with Gasteiger partial charge in [-0.05, 0) is 42.6 Å². The molecule has 0 saturated heterocycles. The standard InChI is InChI=1S/C14H13ClN4S/c1-9-7-11-12(18-14(15)19-13(11)20-9)17-6-4-10-3-2-5-16-8-10/h2-3,5,7-8H,4,6H2,1H3,(H,17,18,19). The second-order valence-electron chi connectivity index (χ2n) is 4.46. The lowest BCUT2D eigenvalue weighted by molar-refractivity contribution is 0.994. The number of aromatic nitrogens is 3. The second kappa shape index (κ2) is 5.73. The predicted molar refractivity (Wildman–Crippen MR) is 83.6 cm³/mol. The number of thiophene rings is 1. The predicted octanol–water partition coefficient (Wildman–Crippen LogP) is 3.70. The van der Waals surface area contributed by atoms with Gasteiger partial charge < -0.3 is 5.32 Å². The van der Waals surface area contributed by atoms with Crippen LogP contribution in [0.3, 0.4) is 0 Å². The van der Waals surface area contributed by atoms with Crippen molar-refractivity contribution in [1.82, 2.24) is 15.0 Å². The number of anilines is 1. The number of fused-ring (bicyclic) bond motifs is 1. The summed E-state index contributed by atoms with van der Waals surface area (Å²) in [5, 5.41) is 4.65. The van der Waals surface area contributed by atoms with Crippen LogP contribution in [0.2, 0.25) is 5.28 Å². The van der Waals surface area contributed by atoms with Crippen molar-refractivity contribution in [2.45, 2.75) is 13.3 Å². The minimum absolute atomic E-state index is 0.281. The van der Waals surface area contributed by atoms with Gasteiger partial charge in [-0.25, -0.2) is 9.97 Å². The normalized spacial score (nSPS) is 10.9. The molecule has 0 aliphatic heterocycles. The molecule has 0 radical (unpaired) electrons. The number of aryl methyl sites for hydroxylation is 1. The monoisotopic (exact) mass is 304 g/mol. The first-order valence-electron chi connectivity index (χ1n) is 6.29. The molecule has 102 valence electrons. The lowest BCUT2D eigenvalue weighted by Gasteiger charge is -2.06. The smallest absolute Gasteiger partial charge is 0.225 e. The first kappa shape index (κ1) is 13.3. The van der Waals surface area contributed by atoms with Crippen molar-refractivity contribution in [3.63, 3.8) is 0 Å². The summed E-state index contributed by atoms with van der Waals surface area (Å²) in [6, 6.07) is 6.09. The molecule has 0 aromatic carbocycles. The number of rotatable bonds is 4. The number of pyridine rings is 1. The van der Waals surface area contributed by atoms with Crippen LogP contribution >= 0.6 is 22.9 Å². The molecular weight excluding hydrogens is 292 g/mol. The molecule has 0 unspecified atom stereocenters. The molecule has 0 spiro atoms. The largest absolute Gasteiger partial charge is 0.369 e. The van der Waals surface area contributed by atoms with Gasteiger partial charge in [-0.2, -0.15) is 0 Å². The summed E-state index contributed by atoms with van der Waals surface area (Å²) in [5.74, 6) is 0.799. The van der Waals surface area contributed by atoms with E-state index in [0.717, 1.165) is 29.0 Å². The molecular formula is C14H13ClN4S. The van der Waals surface area contributed by atoms with Gasteiger partial charge in [0.25, 0.3) is 0 Å². The Morgan fingerprint density at radius 3 is 3.05 bits per heavy atom. The molecule has 0 aliphatic carbocycles. The molecule has 6 heteroatoms. The lowest BCUT2D eigenvalue weighted by atomic mass is 10.2. The molecule has 20 heavy (non-hydrogen) atoms. The third-order valence-electron chi connectivity index (χ3n) is 2.92. The fourth-order valence-corrected chi connectivity index (χ4v) is 3.12. The maximum atomic E-state index is 5.96. The van der Waals surface area contributed by atoms with Crippen molar-refractivity contribution in [3.05, 3.63) is 46.3 Å². The van der Waals surface area contributed by atoms with Gasteiger partial charge in [0.1, 0.15) is 10.6 Å².